The number of unbranched alkanes of at least 4 members (excludes halogenated alkanes) is 2. The van der Waals surface area contributed by atoms with Crippen LogP contribution in [-0.2, 0) is 13.1 Å². The average Bonchev–Trinajstić information content (AvgIpc) is 2.94. The molecule has 3 nitrogen and oxygen atoms in total. The zero-order valence-electron chi connectivity index (χ0n) is 13.1. The maximum Gasteiger partial charge on any atom is 0.119 e. The fraction of sp³-hybridized carbons (Fsp3) is 0.444. The van der Waals surface area contributed by atoms with Gasteiger partial charge >= 0.3 is 0 Å². The predicted octanol–water partition coefficient (Wildman–Crippen LogP) is 3.82. The molecule has 1 aromatic carbocycles. The van der Waals surface area contributed by atoms with E-state index >= 15 is 0 Å². The standard InChI is InChI=1S/C18H26N2O/c1-3-4-5-11-19-14-17-9-7-12-20(17)15-16-8-6-10-18(13-16)21-2/h6-10,12-13,19H,3-5,11,14-15H2,1-2H3. The van der Waals surface area contributed by atoms with Crippen molar-refractivity contribution in [2.24, 2.45) is 0 Å². The van der Waals surface area contributed by atoms with Gasteiger partial charge in [0.2, 0.25) is 0 Å². The van der Waals surface area contributed by atoms with Crippen molar-refractivity contribution in [2.45, 2.75) is 39.3 Å². The normalized spacial score (nSPS) is 10.8. The van der Waals surface area contributed by atoms with Crippen LogP contribution in [0.1, 0.15) is 37.4 Å². The van der Waals surface area contributed by atoms with Crippen LogP contribution in [0.2, 0.25) is 0 Å². The molecule has 0 radical (unpaired) electrons. The van der Waals surface area contributed by atoms with E-state index in [1.165, 1.54) is 30.5 Å². The van der Waals surface area contributed by atoms with Crippen molar-refractivity contribution < 1.29 is 4.74 Å². The number of methoxy groups -OCH3 is 1. The molecular formula is C18H26N2O. The molecule has 0 saturated heterocycles. The Morgan fingerprint density at radius 1 is 1.14 bits per heavy atom. The molecule has 2 rings (SSSR count). The van der Waals surface area contributed by atoms with Crippen LogP contribution < -0.4 is 10.1 Å². The number of hydrogen-bond acceptors (Lipinski definition) is 2. The summed E-state index contributed by atoms with van der Waals surface area (Å²) in [6, 6.07) is 12.6. The van der Waals surface area contributed by atoms with Gasteiger partial charge in [-0.1, -0.05) is 31.9 Å². The van der Waals surface area contributed by atoms with Crippen LogP contribution in [0.5, 0.6) is 5.75 Å². The Bertz CT molecular complexity index is 534. The molecule has 114 valence electrons. The molecule has 2 aromatic rings. The summed E-state index contributed by atoms with van der Waals surface area (Å²) in [6.07, 6.45) is 5.97. The molecule has 0 unspecified atom stereocenters. The number of benzene rings is 1. The molecule has 0 aliphatic rings. The van der Waals surface area contributed by atoms with Gasteiger partial charge < -0.3 is 14.6 Å². The van der Waals surface area contributed by atoms with Crippen molar-refractivity contribution in [1.82, 2.24) is 9.88 Å². The molecule has 1 N–H and O–H groups in total. The van der Waals surface area contributed by atoms with E-state index in [0.717, 1.165) is 25.4 Å². The number of nitrogens with one attached hydrogen (secondary N) is 1. The van der Waals surface area contributed by atoms with Crippen LogP contribution in [-0.4, -0.2) is 18.2 Å². The fourth-order valence-electron chi connectivity index (χ4n) is 2.45. The summed E-state index contributed by atoms with van der Waals surface area (Å²) in [7, 11) is 1.71. The highest BCUT2D eigenvalue weighted by Crippen LogP contribution is 2.15. The Hall–Kier alpha value is -1.74. The Balaban J connectivity index is 1.90. The SMILES string of the molecule is CCCCCNCc1cccn1Cc1cccc(OC)c1. The summed E-state index contributed by atoms with van der Waals surface area (Å²) >= 11 is 0. The lowest BCUT2D eigenvalue weighted by Gasteiger charge is -2.11. The molecule has 0 atom stereocenters. The Kier molecular flexibility index (Phi) is 6.35. The second-order valence-electron chi connectivity index (χ2n) is 5.36. The first-order valence-corrected chi connectivity index (χ1v) is 7.81. The Morgan fingerprint density at radius 2 is 2.05 bits per heavy atom. The van der Waals surface area contributed by atoms with E-state index in [1.807, 2.05) is 12.1 Å². The molecule has 0 bridgehead atoms. The van der Waals surface area contributed by atoms with Gasteiger partial charge in [0.15, 0.2) is 0 Å². The smallest absolute Gasteiger partial charge is 0.119 e. The van der Waals surface area contributed by atoms with Gasteiger partial charge in [0.1, 0.15) is 5.75 Å². The van der Waals surface area contributed by atoms with E-state index in [0.29, 0.717) is 0 Å². The van der Waals surface area contributed by atoms with Crippen molar-refractivity contribution in [1.29, 1.82) is 0 Å². The van der Waals surface area contributed by atoms with E-state index < -0.39 is 0 Å². The Morgan fingerprint density at radius 3 is 2.86 bits per heavy atom. The first kappa shape index (κ1) is 15.6. The van der Waals surface area contributed by atoms with Gasteiger partial charge in [-0.2, -0.15) is 0 Å². The largest absolute Gasteiger partial charge is 0.497 e. The van der Waals surface area contributed by atoms with Gasteiger partial charge in [-0.3, -0.25) is 0 Å². The van der Waals surface area contributed by atoms with E-state index in [4.69, 9.17) is 4.74 Å². The second kappa shape index (κ2) is 8.53. The first-order valence-electron chi connectivity index (χ1n) is 7.81. The topological polar surface area (TPSA) is 26.2 Å². The zero-order chi connectivity index (χ0) is 14.9. The van der Waals surface area contributed by atoms with Gasteiger partial charge in [0.05, 0.1) is 7.11 Å². The third kappa shape index (κ3) is 4.94. The minimum atomic E-state index is 0.885. The number of aromatic nitrogens is 1. The molecule has 0 saturated carbocycles. The highest BCUT2D eigenvalue weighted by molar-refractivity contribution is 5.29. The molecule has 0 aliphatic carbocycles. The lowest BCUT2D eigenvalue weighted by Crippen LogP contribution is -2.17. The van der Waals surface area contributed by atoms with E-state index in [-0.39, 0.29) is 0 Å². The monoisotopic (exact) mass is 286 g/mol. The van der Waals surface area contributed by atoms with Gasteiger partial charge in [0.25, 0.3) is 0 Å². The van der Waals surface area contributed by atoms with Crippen LogP contribution in [0.15, 0.2) is 42.6 Å². The molecule has 0 amide bonds. The van der Waals surface area contributed by atoms with Gasteiger partial charge in [0, 0.05) is 25.0 Å². The molecule has 3 heteroatoms. The summed E-state index contributed by atoms with van der Waals surface area (Å²) in [5.41, 5.74) is 2.59. The van der Waals surface area contributed by atoms with Crippen LogP contribution in [0, 0.1) is 0 Å². The lowest BCUT2D eigenvalue weighted by atomic mass is 10.2. The average molecular weight is 286 g/mol. The van der Waals surface area contributed by atoms with Crippen molar-refractivity contribution in [3.05, 3.63) is 53.9 Å². The van der Waals surface area contributed by atoms with E-state index in [2.05, 4.69) is 47.3 Å². The van der Waals surface area contributed by atoms with Crippen molar-refractivity contribution >= 4 is 0 Å². The quantitative estimate of drug-likeness (QED) is 0.709. The second-order valence-corrected chi connectivity index (χ2v) is 5.36. The third-order valence-electron chi connectivity index (χ3n) is 3.67. The molecule has 21 heavy (non-hydrogen) atoms. The molecule has 1 aromatic heterocycles. The van der Waals surface area contributed by atoms with Gasteiger partial charge in [-0.15, -0.1) is 0 Å². The Labute approximate surface area is 127 Å². The van der Waals surface area contributed by atoms with Gasteiger partial charge in [-0.25, -0.2) is 0 Å². The molecule has 0 aliphatic heterocycles. The summed E-state index contributed by atoms with van der Waals surface area (Å²) < 4.78 is 7.58. The number of nitrogens with zero attached hydrogens (tertiary/aromatic N) is 1. The summed E-state index contributed by atoms with van der Waals surface area (Å²) in [4.78, 5) is 0. The van der Waals surface area contributed by atoms with Gasteiger partial charge in [-0.05, 0) is 42.8 Å². The van der Waals surface area contributed by atoms with Crippen LogP contribution >= 0.6 is 0 Å². The minimum absolute atomic E-state index is 0.885. The third-order valence-corrected chi connectivity index (χ3v) is 3.67. The minimum Gasteiger partial charge on any atom is -0.497 e. The molecule has 1 heterocycles. The predicted molar refractivity (Wildman–Crippen MR) is 87.8 cm³/mol. The maximum atomic E-state index is 5.29. The summed E-state index contributed by atoms with van der Waals surface area (Å²) in [6.45, 7) is 5.15. The summed E-state index contributed by atoms with van der Waals surface area (Å²) in [5, 5.41) is 3.53. The van der Waals surface area contributed by atoms with Crippen molar-refractivity contribution in [3.8, 4) is 5.75 Å². The highest BCUT2D eigenvalue weighted by atomic mass is 16.5. The number of rotatable bonds is 9. The molecular weight excluding hydrogens is 260 g/mol. The number of hydrogen-bond donors (Lipinski definition) is 1. The van der Waals surface area contributed by atoms with E-state index in [9.17, 15) is 0 Å². The zero-order valence-corrected chi connectivity index (χ0v) is 13.1. The molecule has 0 fully saturated rings. The maximum absolute atomic E-state index is 5.29. The highest BCUT2D eigenvalue weighted by Gasteiger charge is 2.02. The number of ether oxygens (including phenoxy) is 1. The van der Waals surface area contributed by atoms with E-state index in [1.54, 1.807) is 7.11 Å². The molecule has 0 spiro atoms. The van der Waals surface area contributed by atoms with Crippen LogP contribution in [0.3, 0.4) is 0 Å². The van der Waals surface area contributed by atoms with Crippen molar-refractivity contribution in [3.63, 3.8) is 0 Å². The van der Waals surface area contributed by atoms with Crippen LogP contribution in [0.4, 0.5) is 0 Å². The summed E-state index contributed by atoms with van der Waals surface area (Å²) in [5.74, 6) is 0.916. The van der Waals surface area contributed by atoms with Crippen molar-refractivity contribution in [2.75, 3.05) is 13.7 Å². The van der Waals surface area contributed by atoms with Crippen LogP contribution in [0.25, 0.3) is 0 Å². The lowest BCUT2D eigenvalue weighted by molar-refractivity contribution is 0.414. The fourth-order valence-corrected chi connectivity index (χ4v) is 2.45. The first-order chi connectivity index (χ1) is 10.3.